The third kappa shape index (κ3) is 2.84. The van der Waals surface area contributed by atoms with E-state index >= 15 is 0 Å². The number of hydrogen-bond donors (Lipinski definition) is 1. The van der Waals surface area contributed by atoms with Crippen LogP contribution in [0.2, 0.25) is 0 Å². The predicted molar refractivity (Wildman–Crippen MR) is 64.0 cm³/mol. The number of hydrogen-bond acceptors (Lipinski definition) is 4. The normalized spacial score (nSPS) is 9.69. The van der Waals surface area contributed by atoms with Gasteiger partial charge in [-0.05, 0) is 34.7 Å². The topological polar surface area (TPSA) is 72.8 Å². The first-order valence-corrected chi connectivity index (χ1v) is 5.32. The van der Waals surface area contributed by atoms with Gasteiger partial charge >= 0.3 is 11.9 Å². The molecular formula is C10H9IO5. The Morgan fingerprint density at radius 1 is 1.38 bits per heavy atom. The minimum atomic E-state index is -1.06. The largest absolute Gasteiger partial charge is 0.493 e. The molecule has 1 rings (SSSR count). The lowest BCUT2D eigenvalue weighted by atomic mass is 10.2. The van der Waals surface area contributed by atoms with Crippen LogP contribution in [0.1, 0.15) is 17.3 Å². The van der Waals surface area contributed by atoms with Gasteiger partial charge in [-0.1, -0.05) is 0 Å². The Kier molecular flexibility index (Phi) is 4.11. The smallest absolute Gasteiger partial charge is 0.335 e. The van der Waals surface area contributed by atoms with Gasteiger partial charge in [-0.15, -0.1) is 0 Å². The number of aromatic carboxylic acids is 1. The number of rotatable bonds is 3. The number of esters is 1. The highest BCUT2D eigenvalue weighted by molar-refractivity contribution is 14.1. The molecule has 0 aromatic heterocycles. The van der Waals surface area contributed by atoms with Crippen molar-refractivity contribution >= 4 is 34.5 Å². The van der Waals surface area contributed by atoms with Crippen LogP contribution in [-0.4, -0.2) is 24.2 Å². The predicted octanol–water partition coefficient (Wildman–Crippen LogP) is 1.92. The summed E-state index contributed by atoms with van der Waals surface area (Å²) in [5.41, 5.74) is 0.0807. The number of methoxy groups -OCH3 is 1. The average Bonchev–Trinajstić information content (AvgIpc) is 2.19. The highest BCUT2D eigenvalue weighted by Crippen LogP contribution is 2.34. The maximum absolute atomic E-state index is 10.9. The van der Waals surface area contributed by atoms with Crippen molar-refractivity contribution in [3.05, 3.63) is 21.3 Å². The second-order valence-corrected chi connectivity index (χ2v) is 4.05. The zero-order valence-corrected chi connectivity index (χ0v) is 10.8. The number of benzene rings is 1. The van der Waals surface area contributed by atoms with Gasteiger partial charge in [-0.25, -0.2) is 4.79 Å². The van der Waals surface area contributed by atoms with Gasteiger partial charge in [0.25, 0.3) is 0 Å². The van der Waals surface area contributed by atoms with E-state index in [-0.39, 0.29) is 17.1 Å². The summed E-state index contributed by atoms with van der Waals surface area (Å²) in [5.74, 6) is -1.09. The van der Waals surface area contributed by atoms with Gasteiger partial charge in [0.05, 0.1) is 16.2 Å². The van der Waals surface area contributed by atoms with E-state index in [4.69, 9.17) is 14.6 Å². The van der Waals surface area contributed by atoms with Crippen LogP contribution in [0, 0.1) is 3.57 Å². The molecule has 0 bridgehead atoms. The molecule has 1 N–H and O–H groups in total. The third-order valence-corrected chi connectivity index (χ3v) is 2.52. The molecule has 0 spiro atoms. The van der Waals surface area contributed by atoms with E-state index in [1.807, 2.05) is 22.6 Å². The number of carbonyl (C=O) groups excluding carboxylic acids is 1. The minimum absolute atomic E-state index is 0.0807. The number of halogens is 1. The second kappa shape index (κ2) is 5.15. The van der Waals surface area contributed by atoms with E-state index in [0.717, 1.165) is 0 Å². The molecule has 0 atom stereocenters. The Hall–Kier alpha value is -1.31. The third-order valence-electron chi connectivity index (χ3n) is 1.72. The molecule has 0 saturated heterocycles. The molecule has 5 nitrogen and oxygen atoms in total. The van der Waals surface area contributed by atoms with Crippen molar-refractivity contribution in [2.75, 3.05) is 7.11 Å². The van der Waals surface area contributed by atoms with E-state index < -0.39 is 11.9 Å². The minimum Gasteiger partial charge on any atom is -0.493 e. The van der Waals surface area contributed by atoms with E-state index in [1.54, 1.807) is 0 Å². The summed E-state index contributed by atoms with van der Waals surface area (Å²) in [5, 5.41) is 8.84. The lowest BCUT2D eigenvalue weighted by molar-refractivity contribution is -0.132. The Morgan fingerprint density at radius 3 is 2.44 bits per heavy atom. The summed E-state index contributed by atoms with van der Waals surface area (Å²) >= 11 is 1.88. The van der Waals surface area contributed by atoms with Crippen LogP contribution in [0.15, 0.2) is 12.1 Å². The summed E-state index contributed by atoms with van der Waals surface area (Å²) in [6.07, 6.45) is 0. The first kappa shape index (κ1) is 12.8. The summed E-state index contributed by atoms with van der Waals surface area (Å²) in [6.45, 7) is 1.26. The maximum atomic E-state index is 10.9. The molecule has 0 radical (unpaired) electrons. The highest BCUT2D eigenvalue weighted by atomic mass is 127. The summed E-state index contributed by atoms with van der Waals surface area (Å²) in [4.78, 5) is 21.6. The number of carboxylic acids is 1. The van der Waals surface area contributed by atoms with Gasteiger partial charge in [0, 0.05) is 6.92 Å². The fourth-order valence-corrected chi connectivity index (χ4v) is 1.80. The first-order valence-electron chi connectivity index (χ1n) is 4.25. The molecule has 0 aliphatic carbocycles. The zero-order valence-electron chi connectivity index (χ0n) is 8.61. The van der Waals surface area contributed by atoms with Crippen LogP contribution in [0.4, 0.5) is 0 Å². The van der Waals surface area contributed by atoms with Gasteiger partial charge < -0.3 is 14.6 Å². The number of carbonyl (C=O) groups is 2. The van der Waals surface area contributed by atoms with E-state index in [9.17, 15) is 9.59 Å². The Labute approximate surface area is 105 Å². The average molecular weight is 336 g/mol. The molecule has 6 heteroatoms. The fourth-order valence-electron chi connectivity index (χ4n) is 1.09. The van der Waals surface area contributed by atoms with Crippen molar-refractivity contribution < 1.29 is 24.2 Å². The molecule has 1 aromatic rings. The molecular weight excluding hydrogens is 327 g/mol. The second-order valence-electron chi connectivity index (χ2n) is 2.89. The molecule has 0 amide bonds. The molecule has 0 saturated carbocycles. The molecule has 16 heavy (non-hydrogen) atoms. The highest BCUT2D eigenvalue weighted by Gasteiger charge is 2.16. The zero-order chi connectivity index (χ0) is 12.3. The van der Waals surface area contributed by atoms with Crippen LogP contribution in [0.5, 0.6) is 11.5 Å². The van der Waals surface area contributed by atoms with Gasteiger partial charge in [-0.2, -0.15) is 0 Å². The lowest BCUT2D eigenvalue weighted by Crippen LogP contribution is -2.06. The fraction of sp³-hybridized carbons (Fsp3) is 0.200. The number of carboxylic acid groups (broad SMARTS) is 1. The van der Waals surface area contributed by atoms with Crippen LogP contribution < -0.4 is 9.47 Å². The molecule has 86 valence electrons. The van der Waals surface area contributed by atoms with Crippen molar-refractivity contribution in [3.8, 4) is 11.5 Å². The lowest BCUT2D eigenvalue weighted by Gasteiger charge is -2.10. The Balaban J connectivity index is 3.28. The van der Waals surface area contributed by atoms with Crippen LogP contribution in [0.25, 0.3) is 0 Å². The Bertz CT molecular complexity index is 441. The monoisotopic (exact) mass is 336 g/mol. The standard InChI is InChI=1S/C10H9IO5/c1-5(12)16-9-7(11)3-6(10(13)14)4-8(9)15-2/h3-4H,1-2H3,(H,13,14). The number of ether oxygens (including phenoxy) is 2. The van der Waals surface area contributed by atoms with Crippen molar-refractivity contribution in [2.24, 2.45) is 0 Å². The van der Waals surface area contributed by atoms with Gasteiger partial charge in [0.1, 0.15) is 0 Å². The molecule has 0 aliphatic rings. The molecule has 0 heterocycles. The van der Waals surface area contributed by atoms with Crippen LogP contribution >= 0.6 is 22.6 Å². The SMILES string of the molecule is COc1cc(C(=O)O)cc(I)c1OC(C)=O. The van der Waals surface area contributed by atoms with Crippen molar-refractivity contribution in [3.63, 3.8) is 0 Å². The van der Waals surface area contributed by atoms with E-state index in [1.165, 1.54) is 26.2 Å². The van der Waals surface area contributed by atoms with Crippen molar-refractivity contribution in [1.82, 2.24) is 0 Å². The van der Waals surface area contributed by atoms with Gasteiger partial charge in [0.15, 0.2) is 11.5 Å². The van der Waals surface area contributed by atoms with Crippen molar-refractivity contribution in [2.45, 2.75) is 6.92 Å². The van der Waals surface area contributed by atoms with E-state index in [0.29, 0.717) is 3.57 Å². The van der Waals surface area contributed by atoms with Crippen LogP contribution in [-0.2, 0) is 4.79 Å². The van der Waals surface area contributed by atoms with Crippen LogP contribution in [0.3, 0.4) is 0 Å². The van der Waals surface area contributed by atoms with E-state index in [2.05, 4.69) is 0 Å². The van der Waals surface area contributed by atoms with Gasteiger partial charge in [-0.3, -0.25) is 4.79 Å². The quantitative estimate of drug-likeness (QED) is 0.519. The summed E-state index contributed by atoms with van der Waals surface area (Å²) < 4.78 is 10.4. The molecule has 1 aromatic carbocycles. The molecule has 0 fully saturated rings. The molecule has 0 unspecified atom stereocenters. The maximum Gasteiger partial charge on any atom is 0.335 e. The first-order chi connectivity index (χ1) is 7.45. The summed E-state index contributed by atoms with van der Waals surface area (Å²) in [6, 6.07) is 2.71. The molecule has 0 aliphatic heterocycles. The summed E-state index contributed by atoms with van der Waals surface area (Å²) in [7, 11) is 1.38. The van der Waals surface area contributed by atoms with Gasteiger partial charge in [0.2, 0.25) is 0 Å². The Morgan fingerprint density at radius 2 is 2.00 bits per heavy atom. The van der Waals surface area contributed by atoms with Crippen molar-refractivity contribution in [1.29, 1.82) is 0 Å².